The molecule has 1 N–H and O–H groups in total. The van der Waals surface area contributed by atoms with Crippen molar-refractivity contribution in [2.45, 2.75) is 132 Å². The average molecular weight is 442 g/mol. The van der Waals surface area contributed by atoms with E-state index in [0.717, 1.165) is 36.0 Å². The van der Waals surface area contributed by atoms with Gasteiger partial charge in [0.05, 0.1) is 0 Å². The van der Waals surface area contributed by atoms with Crippen LogP contribution in [0.25, 0.3) is 0 Å². The van der Waals surface area contributed by atoms with Crippen molar-refractivity contribution in [2.75, 3.05) is 0 Å². The Labute approximate surface area is 201 Å². The highest BCUT2D eigenvalue weighted by molar-refractivity contribution is 5.76. The van der Waals surface area contributed by atoms with E-state index < -0.39 is 0 Å². The van der Waals surface area contributed by atoms with Crippen LogP contribution in [0.2, 0.25) is 0 Å². The van der Waals surface area contributed by atoms with Crippen molar-refractivity contribution in [3.8, 4) is 0 Å². The Morgan fingerprint density at radius 3 is 2.22 bits per heavy atom. The van der Waals surface area contributed by atoms with Gasteiger partial charge in [0.25, 0.3) is 0 Å². The number of hydrogen-bond donors (Lipinski definition) is 1. The molecule has 0 saturated heterocycles. The van der Waals surface area contributed by atoms with Crippen LogP contribution >= 0.6 is 0 Å². The Morgan fingerprint density at radius 2 is 1.62 bits per heavy atom. The Balaban J connectivity index is 0.00000141. The normalized spacial score (nSPS) is 44.9. The summed E-state index contributed by atoms with van der Waals surface area (Å²) >= 11 is 0. The van der Waals surface area contributed by atoms with Crippen LogP contribution in [0.15, 0.2) is 11.1 Å². The molecule has 0 aliphatic heterocycles. The first-order chi connectivity index (χ1) is 15.3. The molecule has 0 radical (unpaired) electrons. The zero-order valence-electron chi connectivity index (χ0n) is 22.9. The largest absolute Gasteiger partial charge is 0.308 e. The van der Waals surface area contributed by atoms with E-state index in [1.807, 2.05) is 13.8 Å². The van der Waals surface area contributed by atoms with E-state index in [1.165, 1.54) is 81.8 Å². The summed E-state index contributed by atoms with van der Waals surface area (Å²) in [6.45, 7) is 18.7. The molecule has 0 aromatic rings. The monoisotopic (exact) mass is 441 g/mol. The molecular weight excluding hydrogens is 386 g/mol. The Morgan fingerprint density at radius 1 is 0.906 bits per heavy atom. The molecule has 4 rings (SSSR count). The maximum Gasteiger partial charge on any atom is 0.0209 e. The molecule has 1 nitrogen and oxygen atoms in total. The van der Waals surface area contributed by atoms with Gasteiger partial charge in [0.1, 0.15) is 0 Å². The summed E-state index contributed by atoms with van der Waals surface area (Å²) in [5, 5.41) is 8.09. The molecule has 0 spiro atoms. The lowest BCUT2D eigenvalue weighted by Gasteiger charge is -2.66. The van der Waals surface area contributed by atoms with Gasteiger partial charge in [-0.25, -0.2) is 0 Å². The van der Waals surface area contributed by atoms with E-state index in [4.69, 9.17) is 5.41 Å². The van der Waals surface area contributed by atoms with Gasteiger partial charge in [0.2, 0.25) is 0 Å². The fourth-order valence-corrected chi connectivity index (χ4v) is 10.1. The van der Waals surface area contributed by atoms with Gasteiger partial charge in [-0.2, -0.15) is 0 Å². The highest BCUT2D eigenvalue weighted by Crippen LogP contribution is 2.71. The van der Waals surface area contributed by atoms with Gasteiger partial charge in [-0.05, 0) is 123 Å². The molecule has 8 atom stereocenters. The molecule has 184 valence electrons. The minimum absolute atomic E-state index is 0.367. The lowest BCUT2D eigenvalue weighted by molar-refractivity contribution is -0.165. The van der Waals surface area contributed by atoms with Gasteiger partial charge in [0, 0.05) is 6.21 Å². The van der Waals surface area contributed by atoms with Gasteiger partial charge >= 0.3 is 0 Å². The van der Waals surface area contributed by atoms with Crippen LogP contribution in [0.5, 0.6) is 0 Å². The quantitative estimate of drug-likeness (QED) is 0.410. The van der Waals surface area contributed by atoms with Crippen LogP contribution in [-0.2, 0) is 0 Å². The van der Waals surface area contributed by atoms with Gasteiger partial charge in [0.15, 0.2) is 0 Å². The first-order valence-electron chi connectivity index (χ1n) is 14.4. The van der Waals surface area contributed by atoms with Gasteiger partial charge in [-0.1, -0.05) is 66.4 Å². The van der Waals surface area contributed by atoms with E-state index >= 15 is 0 Å². The van der Waals surface area contributed by atoms with E-state index in [0.29, 0.717) is 16.2 Å². The number of nitrogens with one attached hydrogen (secondary N) is 1. The SMILES string of the molecule is CC.CCC1CCC2(C)C3CCC4(CC)CCCC4C3CCC2C1(C)CC(C=N)=C(C)C. The molecule has 32 heavy (non-hydrogen) atoms. The van der Waals surface area contributed by atoms with E-state index in [-0.39, 0.29) is 0 Å². The van der Waals surface area contributed by atoms with Crippen molar-refractivity contribution in [2.24, 2.45) is 45.8 Å². The fraction of sp³-hybridized carbons (Fsp3) is 0.903. The molecule has 4 saturated carbocycles. The van der Waals surface area contributed by atoms with Crippen LogP contribution < -0.4 is 0 Å². The molecule has 4 aliphatic rings. The minimum atomic E-state index is 0.367. The summed E-state index contributed by atoms with van der Waals surface area (Å²) in [6, 6.07) is 0. The highest BCUT2D eigenvalue weighted by Gasteiger charge is 2.62. The Hall–Kier alpha value is -0.590. The molecule has 1 heteroatoms. The molecule has 0 aromatic carbocycles. The molecular formula is C31H55N. The third-order valence-corrected chi connectivity index (χ3v) is 11.7. The number of fused-ring (bicyclic) bond motifs is 5. The van der Waals surface area contributed by atoms with E-state index in [1.54, 1.807) is 6.21 Å². The maximum absolute atomic E-state index is 8.09. The van der Waals surface area contributed by atoms with Crippen molar-refractivity contribution in [1.29, 1.82) is 5.41 Å². The van der Waals surface area contributed by atoms with Crippen molar-refractivity contribution in [3.05, 3.63) is 11.1 Å². The minimum Gasteiger partial charge on any atom is -0.308 e. The molecule has 0 heterocycles. The van der Waals surface area contributed by atoms with Gasteiger partial charge < -0.3 is 5.41 Å². The summed E-state index contributed by atoms with van der Waals surface area (Å²) in [6.07, 6.45) is 19.0. The second-order valence-corrected chi connectivity index (χ2v) is 12.7. The second kappa shape index (κ2) is 9.95. The number of allylic oxidation sites excluding steroid dienone is 2. The smallest absolute Gasteiger partial charge is 0.0209 e. The molecule has 0 amide bonds. The van der Waals surface area contributed by atoms with Crippen LogP contribution in [0, 0.1) is 51.2 Å². The van der Waals surface area contributed by atoms with E-state index in [9.17, 15) is 0 Å². The van der Waals surface area contributed by atoms with E-state index in [2.05, 4.69) is 41.5 Å². The van der Waals surface area contributed by atoms with Crippen molar-refractivity contribution in [1.82, 2.24) is 0 Å². The summed E-state index contributed by atoms with van der Waals surface area (Å²) in [7, 11) is 0. The van der Waals surface area contributed by atoms with Crippen molar-refractivity contribution < 1.29 is 0 Å². The third kappa shape index (κ3) is 3.96. The third-order valence-electron chi connectivity index (χ3n) is 11.7. The van der Waals surface area contributed by atoms with Gasteiger partial charge in [-0.15, -0.1) is 0 Å². The lowest BCUT2D eigenvalue weighted by atomic mass is 9.39. The fourth-order valence-electron chi connectivity index (χ4n) is 10.1. The highest BCUT2D eigenvalue weighted by atomic mass is 14.7. The number of hydrogen-bond acceptors (Lipinski definition) is 1. The van der Waals surface area contributed by atoms with Crippen molar-refractivity contribution in [3.63, 3.8) is 0 Å². The zero-order valence-corrected chi connectivity index (χ0v) is 22.9. The van der Waals surface area contributed by atoms with Crippen LogP contribution in [0.3, 0.4) is 0 Å². The Bertz CT molecular complexity index is 687. The summed E-state index contributed by atoms with van der Waals surface area (Å²) in [5.74, 6) is 4.67. The van der Waals surface area contributed by atoms with Crippen LogP contribution in [0.4, 0.5) is 0 Å². The van der Waals surface area contributed by atoms with Crippen molar-refractivity contribution >= 4 is 6.21 Å². The predicted octanol–water partition coefficient (Wildman–Crippen LogP) is 9.85. The topological polar surface area (TPSA) is 23.9 Å². The van der Waals surface area contributed by atoms with Gasteiger partial charge in [-0.3, -0.25) is 0 Å². The molecule has 0 bridgehead atoms. The molecule has 4 fully saturated rings. The van der Waals surface area contributed by atoms with Crippen LogP contribution in [-0.4, -0.2) is 6.21 Å². The maximum atomic E-state index is 8.09. The summed E-state index contributed by atoms with van der Waals surface area (Å²) < 4.78 is 0. The predicted molar refractivity (Wildman–Crippen MR) is 141 cm³/mol. The molecule has 4 aliphatic carbocycles. The number of rotatable bonds is 5. The Kier molecular flexibility index (Phi) is 8.09. The second-order valence-electron chi connectivity index (χ2n) is 12.7. The summed E-state index contributed by atoms with van der Waals surface area (Å²) in [4.78, 5) is 0. The standard InChI is InChI=1S/C29H49N.C2H6/c1-7-22-13-16-27(5)24-14-17-29(8-2)15-9-10-25(29)23(24)11-12-26(27)28(22,6)18-21(19-30)20(3)4;1-2/h19,22-26,30H,7-18H2,1-6H3;1-2H3. The molecule has 0 aromatic heterocycles. The summed E-state index contributed by atoms with van der Waals surface area (Å²) in [5.41, 5.74) is 4.28. The molecule has 8 unspecified atom stereocenters. The van der Waals surface area contributed by atoms with Crippen LogP contribution in [0.1, 0.15) is 132 Å². The lowest BCUT2D eigenvalue weighted by Crippen LogP contribution is -2.58. The first kappa shape index (κ1) is 26.0. The average Bonchev–Trinajstić information content (AvgIpc) is 3.24. The zero-order chi connectivity index (χ0) is 23.7. The first-order valence-corrected chi connectivity index (χ1v) is 14.4.